The van der Waals surface area contributed by atoms with Gasteiger partial charge in [0.05, 0.1) is 25.8 Å². The first-order valence-electron chi connectivity index (χ1n) is 17.6. The van der Waals surface area contributed by atoms with E-state index in [-0.39, 0.29) is 37.9 Å². The fraction of sp³-hybridized carbons (Fsp3) is 0.436. The van der Waals surface area contributed by atoms with Crippen LogP contribution in [0.4, 0.5) is 18.0 Å². The van der Waals surface area contributed by atoms with Gasteiger partial charge in [-0.3, -0.25) is 9.69 Å². The van der Waals surface area contributed by atoms with Crippen LogP contribution in [0.2, 0.25) is 0 Å². The molecule has 1 saturated carbocycles. The lowest BCUT2D eigenvalue weighted by atomic mass is 9.81. The van der Waals surface area contributed by atoms with Crippen molar-refractivity contribution in [3.63, 3.8) is 0 Å². The number of piperazine rings is 1. The number of fused-ring (bicyclic) bond motifs is 2. The maximum Gasteiger partial charge on any atom is 0.411 e. The number of carbonyl (C=O) groups excluding carboxylic acids is 2. The summed E-state index contributed by atoms with van der Waals surface area (Å²) in [6.45, 7) is 3.70. The molecule has 1 saturated heterocycles. The van der Waals surface area contributed by atoms with Gasteiger partial charge in [-0.2, -0.15) is 4.39 Å². The number of alkyl halides is 3. The fourth-order valence-electron chi connectivity index (χ4n) is 6.62. The number of methoxy groups -OCH3 is 1. The number of nitrogens with zero attached hydrogens (tertiary/aromatic N) is 2. The molecule has 2 bridgehead atoms. The van der Waals surface area contributed by atoms with E-state index in [1.165, 1.54) is 13.8 Å². The van der Waals surface area contributed by atoms with Crippen molar-refractivity contribution < 1.29 is 41.7 Å². The number of ether oxygens (including phenoxy) is 4. The molecular weight excluding hydrogens is 770 g/mol. The van der Waals surface area contributed by atoms with E-state index in [4.69, 9.17) is 53.8 Å². The van der Waals surface area contributed by atoms with Crippen LogP contribution in [0.15, 0.2) is 66.2 Å². The van der Waals surface area contributed by atoms with Gasteiger partial charge >= 0.3 is 6.09 Å². The maximum atomic E-state index is 14.9. The number of hydrogen-bond donors (Lipinski definition) is 1. The third-order valence-corrected chi connectivity index (χ3v) is 11.2. The van der Waals surface area contributed by atoms with Gasteiger partial charge in [0.25, 0.3) is 5.91 Å². The SMILES string of the molecule is COc1cccc(OCN(C(=O)C2=C(c3ccc(CCCOc4c(F)ccc(F)c4F)cc3)CC3CNCC2N3C(=O)OC(C)(C)C(Cl)(Cl)Cl)C2CC2)c1. The Hall–Kier alpha value is -3.84. The summed E-state index contributed by atoms with van der Waals surface area (Å²) in [5.74, 6) is -3.38. The molecule has 2 heterocycles. The summed E-state index contributed by atoms with van der Waals surface area (Å²) in [4.78, 5) is 32.1. The molecule has 2 aliphatic heterocycles. The summed E-state index contributed by atoms with van der Waals surface area (Å²) >= 11 is 18.5. The quantitative estimate of drug-likeness (QED) is 0.0806. The molecule has 2 atom stereocenters. The van der Waals surface area contributed by atoms with Crippen molar-refractivity contribution in [3.8, 4) is 17.2 Å². The number of amides is 2. The summed E-state index contributed by atoms with van der Waals surface area (Å²) < 4.78 is 62.1. The van der Waals surface area contributed by atoms with Crippen LogP contribution in [-0.2, 0) is 16.0 Å². The molecule has 3 aliphatic rings. The lowest BCUT2D eigenvalue weighted by Crippen LogP contribution is -2.64. The summed E-state index contributed by atoms with van der Waals surface area (Å²) in [6.07, 6.45) is 2.16. The molecule has 1 N–H and O–H groups in total. The second-order valence-corrected chi connectivity index (χ2v) is 16.3. The number of carbonyl (C=O) groups is 2. The Balaban J connectivity index is 1.27. The molecule has 9 nitrogen and oxygen atoms in total. The largest absolute Gasteiger partial charge is 0.497 e. The second kappa shape index (κ2) is 16.5. The van der Waals surface area contributed by atoms with Crippen LogP contribution in [0.1, 0.15) is 50.7 Å². The highest BCUT2D eigenvalue weighted by molar-refractivity contribution is 6.68. The summed E-state index contributed by atoms with van der Waals surface area (Å²) in [6, 6.07) is 15.2. The van der Waals surface area contributed by atoms with Crippen LogP contribution in [-0.4, -0.2) is 82.9 Å². The highest BCUT2D eigenvalue weighted by Crippen LogP contribution is 2.43. The zero-order chi connectivity index (χ0) is 38.8. The van der Waals surface area contributed by atoms with Gasteiger partial charge in [0, 0.05) is 30.8 Å². The Morgan fingerprint density at radius 3 is 2.33 bits per heavy atom. The van der Waals surface area contributed by atoms with Crippen molar-refractivity contribution in [3.05, 3.63) is 94.8 Å². The number of aryl methyl sites for hydroxylation is 1. The first-order valence-corrected chi connectivity index (χ1v) is 18.8. The topological polar surface area (TPSA) is 89.6 Å². The fourth-order valence-corrected chi connectivity index (χ4v) is 6.73. The van der Waals surface area contributed by atoms with Crippen molar-refractivity contribution in [1.82, 2.24) is 15.1 Å². The molecule has 0 radical (unpaired) electrons. The van der Waals surface area contributed by atoms with Gasteiger partial charge < -0.3 is 29.2 Å². The first-order chi connectivity index (χ1) is 25.7. The lowest BCUT2D eigenvalue weighted by molar-refractivity contribution is -0.131. The van der Waals surface area contributed by atoms with Crippen molar-refractivity contribution in [2.45, 2.75) is 73.5 Å². The third-order valence-electron chi connectivity index (χ3n) is 9.83. The molecule has 0 aromatic heterocycles. The molecule has 6 rings (SSSR count). The van der Waals surface area contributed by atoms with E-state index in [1.54, 1.807) is 41.2 Å². The van der Waals surface area contributed by atoms with Gasteiger partial charge in [-0.15, -0.1) is 0 Å². The van der Waals surface area contributed by atoms with Crippen LogP contribution >= 0.6 is 34.8 Å². The van der Waals surface area contributed by atoms with Crippen molar-refractivity contribution >= 4 is 52.4 Å². The minimum Gasteiger partial charge on any atom is -0.497 e. The second-order valence-electron chi connectivity index (χ2n) is 14.0. The summed E-state index contributed by atoms with van der Waals surface area (Å²) in [7, 11) is 1.56. The Bertz CT molecular complexity index is 1890. The molecule has 3 aromatic carbocycles. The monoisotopic (exact) mass is 809 g/mol. The molecule has 2 fully saturated rings. The average molecular weight is 811 g/mol. The van der Waals surface area contributed by atoms with E-state index < -0.39 is 44.7 Å². The number of nitrogens with one attached hydrogen (secondary N) is 1. The minimum atomic E-state index is -1.91. The molecular formula is C39H41Cl3F3N3O6. The zero-order valence-corrected chi connectivity index (χ0v) is 32.2. The van der Waals surface area contributed by atoms with Gasteiger partial charge in [0.1, 0.15) is 11.5 Å². The Kier molecular flexibility index (Phi) is 12.2. The zero-order valence-electron chi connectivity index (χ0n) is 30.0. The molecule has 1 aliphatic carbocycles. The number of hydrogen-bond acceptors (Lipinski definition) is 7. The molecule has 3 aromatic rings. The molecule has 54 heavy (non-hydrogen) atoms. The smallest absolute Gasteiger partial charge is 0.411 e. The molecule has 15 heteroatoms. The van der Waals surface area contributed by atoms with E-state index in [0.29, 0.717) is 48.9 Å². The van der Waals surface area contributed by atoms with E-state index in [1.807, 2.05) is 24.3 Å². The Morgan fingerprint density at radius 2 is 1.65 bits per heavy atom. The minimum absolute atomic E-state index is 0.0216. The van der Waals surface area contributed by atoms with Crippen molar-refractivity contribution in [1.29, 1.82) is 0 Å². The Morgan fingerprint density at radius 1 is 0.944 bits per heavy atom. The Labute approximate surface area is 327 Å². The summed E-state index contributed by atoms with van der Waals surface area (Å²) in [5.41, 5.74) is 1.47. The lowest BCUT2D eigenvalue weighted by Gasteiger charge is -2.48. The number of benzene rings is 3. The predicted octanol–water partition coefficient (Wildman–Crippen LogP) is 8.24. The average Bonchev–Trinajstić information content (AvgIpc) is 3.98. The number of rotatable bonds is 13. The van der Waals surface area contributed by atoms with Crippen molar-refractivity contribution in [2.24, 2.45) is 0 Å². The van der Waals surface area contributed by atoms with Gasteiger partial charge in [0.15, 0.2) is 29.7 Å². The highest BCUT2D eigenvalue weighted by Gasteiger charge is 2.50. The van der Waals surface area contributed by atoms with Crippen LogP contribution in [0.3, 0.4) is 0 Å². The predicted molar refractivity (Wildman–Crippen MR) is 200 cm³/mol. The standard InChI is InChI=1S/C39H41Cl3F3N3O6/c1-38(2,39(40,41)42)54-37(50)48-26-18-29(24-11-9-23(10-12-24)6-5-17-52-35-31(44)16-15-30(43)34(35)45)33(32(48)21-46-20-26)36(49)47(25-13-14-25)22-53-28-8-4-7-27(19-28)51-3/h4,7-12,15-16,19,25-26,32,46H,5-6,13-14,17-18,20-22H2,1-3H3. The van der Waals surface area contributed by atoms with E-state index in [0.717, 1.165) is 35.6 Å². The van der Waals surface area contributed by atoms with Crippen LogP contribution in [0.25, 0.3) is 5.57 Å². The summed E-state index contributed by atoms with van der Waals surface area (Å²) in [5, 5.41) is 3.38. The normalized spacial score (nSPS) is 18.6. The number of halogens is 6. The van der Waals surface area contributed by atoms with Gasteiger partial charge in [-0.1, -0.05) is 65.1 Å². The van der Waals surface area contributed by atoms with Crippen LogP contribution in [0, 0.1) is 17.5 Å². The van der Waals surface area contributed by atoms with E-state index in [2.05, 4.69) is 5.32 Å². The van der Waals surface area contributed by atoms with E-state index in [9.17, 15) is 22.8 Å². The van der Waals surface area contributed by atoms with Crippen LogP contribution < -0.4 is 19.5 Å². The van der Waals surface area contributed by atoms with E-state index >= 15 is 0 Å². The first kappa shape index (κ1) is 39.8. The van der Waals surface area contributed by atoms with Crippen molar-refractivity contribution in [2.75, 3.05) is 33.5 Å². The third kappa shape index (κ3) is 8.83. The molecule has 0 spiro atoms. The molecule has 2 amide bonds. The van der Waals surface area contributed by atoms with Gasteiger partial charge in [-0.05, 0) is 86.9 Å². The molecule has 2 unspecified atom stereocenters. The molecule has 290 valence electrons. The highest BCUT2D eigenvalue weighted by atomic mass is 35.6. The van der Waals surface area contributed by atoms with Gasteiger partial charge in [-0.25, -0.2) is 13.6 Å². The maximum absolute atomic E-state index is 14.9. The van der Waals surface area contributed by atoms with Gasteiger partial charge in [0.2, 0.25) is 9.61 Å². The van der Waals surface area contributed by atoms with Crippen LogP contribution in [0.5, 0.6) is 17.2 Å².